The molecule has 0 amide bonds. The fourth-order valence-corrected chi connectivity index (χ4v) is 3.39. The Labute approximate surface area is 168 Å². The molecule has 3 rings (SSSR count). The lowest BCUT2D eigenvalue weighted by atomic mass is 10.1. The highest BCUT2D eigenvalue weighted by Gasteiger charge is 2.11. The lowest BCUT2D eigenvalue weighted by molar-refractivity contribution is 0.345. The molecule has 2 N–H and O–H groups in total. The maximum atomic E-state index is 5.58. The lowest BCUT2D eigenvalue weighted by Crippen LogP contribution is -2.37. The average molecular weight is 381 g/mol. The number of guanidine groups is 1. The summed E-state index contributed by atoms with van der Waals surface area (Å²) in [6.07, 6.45) is 1.99. The highest BCUT2D eigenvalue weighted by Crippen LogP contribution is 2.25. The van der Waals surface area contributed by atoms with Crippen LogP contribution in [-0.2, 0) is 25.9 Å². The Balaban J connectivity index is 1.45. The molecule has 0 radical (unpaired) electrons. The number of hydrogen-bond acceptors (Lipinski definition) is 3. The van der Waals surface area contributed by atoms with E-state index >= 15 is 0 Å². The molecular formula is C23H32N4O. The van der Waals surface area contributed by atoms with Crippen molar-refractivity contribution in [1.82, 2.24) is 15.5 Å². The van der Waals surface area contributed by atoms with E-state index in [2.05, 4.69) is 77.0 Å². The molecule has 1 heterocycles. The van der Waals surface area contributed by atoms with E-state index < -0.39 is 0 Å². The third kappa shape index (κ3) is 5.73. The second kappa shape index (κ2) is 10.1. The van der Waals surface area contributed by atoms with Gasteiger partial charge in [0.05, 0.1) is 6.61 Å². The third-order valence-electron chi connectivity index (χ3n) is 5.13. The van der Waals surface area contributed by atoms with E-state index in [4.69, 9.17) is 4.74 Å². The summed E-state index contributed by atoms with van der Waals surface area (Å²) in [4.78, 5) is 6.65. The molecule has 2 aromatic rings. The highest BCUT2D eigenvalue weighted by molar-refractivity contribution is 5.79. The molecule has 0 saturated heterocycles. The Morgan fingerprint density at radius 2 is 1.96 bits per heavy atom. The maximum absolute atomic E-state index is 5.58. The number of fused-ring (bicyclic) bond motifs is 1. The fraction of sp³-hybridized carbons (Fsp3) is 0.435. The minimum absolute atomic E-state index is 0.763. The number of nitrogens with zero attached hydrogens (tertiary/aromatic N) is 2. The maximum Gasteiger partial charge on any atom is 0.191 e. The zero-order valence-electron chi connectivity index (χ0n) is 17.3. The fourth-order valence-electron chi connectivity index (χ4n) is 3.39. The van der Waals surface area contributed by atoms with E-state index in [-0.39, 0.29) is 0 Å². The van der Waals surface area contributed by atoms with Crippen LogP contribution < -0.4 is 15.4 Å². The van der Waals surface area contributed by atoms with Crippen LogP contribution in [0, 0.1) is 0 Å². The summed E-state index contributed by atoms with van der Waals surface area (Å²) in [5.74, 6) is 1.88. The summed E-state index contributed by atoms with van der Waals surface area (Å²) in [5, 5.41) is 6.82. The summed E-state index contributed by atoms with van der Waals surface area (Å²) in [6.45, 7) is 6.63. The Kier molecular flexibility index (Phi) is 7.31. The predicted molar refractivity (Wildman–Crippen MR) is 116 cm³/mol. The number of nitrogens with one attached hydrogen (secondary N) is 2. The van der Waals surface area contributed by atoms with Crippen molar-refractivity contribution in [2.75, 3.05) is 33.8 Å². The number of hydrogen-bond donors (Lipinski definition) is 2. The third-order valence-corrected chi connectivity index (χ3v) is 5.13. The quantitative estimate of drug-likeness (QED) is 0.546. The lowest BCUT2D eigenvalue weighted by Gasteiger charge is -2.15. The Hall–Kier alpha value is -2.53. The average Bonchev–Trinajstić information content (AvgIpc) is 3.18. The molecule has 1 aliphatic rings. The Morgan fingerprint density at radius 1 is 1.11 bits per heavy atom. The largest absolute Gasteiger partial charge is 0.493 e. The zero-order chi connectivity index (χ0) is 19.8. The first-order valence-corrected chi connectivity index (χ1v) is 10.1. The zero-order valence-corrected chi connectivity index (χ0v) is 17.3. The first-order chi connectivity index (χ1) is 13.7. The van der Waals surface area contributed by atoms with Crippen LogP contribution in [0.3, 0.4) is 0 Å². The molecule has 0 aliphatic carbocycles. The van der Waals surface area contributed by atoms with Crippen molar-refractivity contribution in [2.45, 2.75) is 32.9 Å². The highest BCUT2D eigenvalue weighted by atomic mass is 16.5. The van der Waals surface area contributed by atoms with Crippen molar-refractivity contribution in [2.24, 2.45) is 4.99 Å². The van der Waals surface area contributed by atoms with E-state index in [0.717, 1.165) is 57.3 Å². The van der Waals surface area contributed by atoms with Gasteiger partial charge in [-0.15, -0.1) is 0 Å². The van der Waals surface area contributed by atoms with Crippen LogP contribution in [0.15, 0.2) is 47.5 Å². The molecule has 0 atom stereocenters. The molecule has 0 unspecified atom stereocenters. The molecule has 0 aromatic heterocycles. The second-order valence-corrected chi connectivity index (χ2v) is 7.29. The van der Waals surface area contributed by atoms with Crippen molar-refractivity contribution >= 4 is 5.96 Å². The molecule has 1 aliphatic heterocycles. The van der Waals surface area contributed by atoms with Gasteiger partial charge >= 0.3 is 0 Å². The van der Waals surface area contributed by atoms with Gasteiger partial charge in [-0.05, 0) is 48.3 Å². The number of ether oxygens (including phenoxy) is 1. The number of rotatable bonds is 8. The summed E-state index contributed by atoms with van der Waals surface area (Å²) >= 11 is 0. The second-order valence-electron chi connectivity index (χ2n) is 7.29. The molecule has 0 bridgehead atoms. The van der Waals surface area contributed by atoms with Crippen molar-refractivity contribution < 1.29 is 4.74 Å². The summed E-state index contributed by atoms with van der Waals surface area (Å²) < 4.78 is 5.58. The van der Waals surface area contributed by atoms with Crippen LogP contribution >= 0.6 is 0 Å². The first-order valence-electron chi connectivity index (χ1n) is 10.1. The van der Waals surface area contributed by atoms with E-state index in [1.807, 2.05) is 7.05 Å². The summed E-state index contributed by atoms with van der Waals surface area (Å²) in [5.41, 5.74) is 5.27. The minimum atomic E-state index is 0.763. The van der Waals surface area contributed by atoms with Crippen molar-refractivity contribution in [1.29, 1.82) is 0 Å². The molecule has 5 heteroatoms. The molecule has 5 nitrogen and oxygen atoms in total. The van der Waals surface area contributed by atoms with Crippen LogP contribution in [0.2, 0.25) is 0 Å². The molecule has 0 saturated carbocycles. The molecule has 0 fully saturated rings. The van der Waals surface area contributed by atoms with Gasteiger partial charge < -0.3 is 20.3 Å². The molecular weight excluding hydrogens is 348 g/mol. The van der Waals surface area contributed by atoms with E-state index in [1.54, 1.807) is 0 Å². The van der Waals surface area contributed by atoms with Crippen LogP contribution in [0.25, 0.3) is 0 Å². The van der Waals surface area contributed by atoms with Gasteiger partial charge in [-0.25, -0.2) is 0 Å². The normalized spacial score (nSPS) is 13.4. The molecule has 0 spiro atoms. The van der Waals surface area contributed by atoms with Gasteiger partial charge in [0.1, 0.15) is 5.75 Å². The van der Waals surface area contributed by atoms with Gasteiger partial charge in [0.25, 0.3) is 0 Å². The van der Waals surface area contributed by atoms with Gasteiger partial charge in [-0.2, -0.15) is 0 Å². The number of aliphatic imine (C=N–C) groups is 1. The minimum Gasteiger partial charge on any atom is -0.493 e. The Bertz CT molecular complexity index is 803. The topological polar surface area (TPSA) is 48.9 Å². The summed E-state index contributed by atoms with van der Waals surface area (Å²) in [7, 11) is 3.96. The van der Waals surface area contributed by atoms with Crippen LogP contribution in [0.4, 0.5) is 0 Å². The van der Waals surface area contributed by atoms with E-state index in [0.29, 0.717) is 0 Å². The van der Waals surface area contributed by atoms with Gasteiger partial charge in [-0.1, -0.05) is 43.3 Å². The predicted octanol–water partition coefficient (Wildman–Crippen LogP) is 2.98. The smallest absolute Gasteiger partial charge is 0.191 e. The molecule has 150 valence electrons. The van der Waals surface area contributed by atoms with E-state index in [1.165, 1.54) is 22.3 Å². The van der Waals surface area contributed by atoms with Crippen LogP contribution in [0.5, 0.6) is 5.75 Å². The number of benzene rings is 2. The van der Waals surface area contributed by atoms with E-state index in [9.17, 15) is 0 Å². The summed E-state index contributed by atoms with van der Waals surface area (Å²) in [6, 6.07) is 15.2. The van der Waals surface area contributed by atoms with Crippen LogP contribution in [0.1, 0.15) is 29.2 Å². The SMILES string of the molecule is CCN(C)Cc1cccc(CNC(=NC)NCCc2ccc3c(c2)CCO3)c1. The van der Waals surface area contributed by atoms with Gasteiger partial charge in [0.2, 0.25) is 0 Å². The van der Waals surface area contributed by atoms with Crippen molar-refractivity contribution in [3.05, 3.63) is 64.7 Å². The van der Waals surface area contributed by atoms with Crippen LogP contribution in [-0.4, -0.2) is 44.7 Å². The first kappa shape index (κ1) is 20.2. The van der Waals surface area contributed by atoms with Gasteiger partial charge in [-0.3, -0.25) is 4.99 Å². The van der Waals surface area contributed by atoms with Gasteiger partial charge in [0.15, 0.2) is 5.96 Å². The molecule has 28 heavy (non-hydrogen) atoms. The standard InChI is InChI=1S/C23H32N4O/c1-4-27(3)17-20-7-5-6-19(14-20)16-26-23(24-2)25-12-10-18-8-9-22-21(15-18)11-13-28-22/h5-9,14-15H,4,10-13,16-17H2,1-3H3,(H2,24,25,26). The van der Waals surface area contributed by atoms with Crippen molar-refractivity contribution in [3.63, 3.8) is 0 Å². The Morgan fingerprint density at radius 3 is 2.79 bits per heavy atom. The van der Waals surface area contributed by atoms with Gasteiger partial charge in [0, 0.05) is 33.1 Å². The monoisotopic (exact) mass is 380 g/mol. The van der Waals surface area contributed by atoms with Crippen molar-refractivity contribution in [3.8, 4) is 5.75 Å². The molecule has 2 aromatic carbocycles.